The molecule has 120 valence electrons. The molecule has 1 saturated carbocycles. The number of anilines is 1. The van der Waals surface area contributed by atoms with Crippen molar-refractivity contribution in [1.82, 2.24) is 15.1 Å². The van der Waals surface area contributed by atoms with Gasteiger partial charge in [-0.3, -0.25) is 14.3 Å². The van der Waals surface area contributed by atoms with E-state index in [0.29, 0.717) is 24.8 Å². The minimum atomic E-state index is -0.236. The van der Waals surface area contributed by atoms with Gasteiger partial charge >= 0.3 is 0 Å². The first-order valence-electron chi connectivity index (χ1n) is 8.13. The molecule has 3 rings (SSSR count). The van der Waals surface area contributed by atoms with Crippen LogP contribution in [0.25, 0.3) is 0 Å². The Balaban J connectivity index is 1.58. The zero-order chi connectivity index (χ0) is 15.7. The van der Waals surface area contributed by atoms with Crippen LogP contribution in [0.1, 0.15) is 33.1 Å². The molecule has 2 aliphatic rings. The molecule has 1 aromatic heterocycles. The summed E-state index contributed by atoms with van der Waals surface area (Å²) in [7, 11) is 0. The van der Waals surface area contributed by atoms with Crippen molar-refractivity contribution in [2.45, 2.75) is 39.7 Å². The second kappa shape index (κ2) is 6.10. The SMILES string of the molecule is CC(C)Cn1cc(N2CC(C(=O)NCC3CC3)CC2=O)cn1. The quantitative estimate of drug-likeness (QED) is 0.864. The van der Waals surface area contributed by atoms with Crippen LogP contribution in [0.4, 0.5) is 5.69 Å². The second-order valence-electron chi connectivity index (χ2n) is 6.91. The van der Waals surface area contributed by atoms with Crippen molar-refractivity contribution in [1.29, 1.82) is 0 Å². The van der Waals surface area contributed by atoms with E-state index in [9.17, 15) is 9.59 Å². The highest BCUT2D eigenvalue weighted by Gasteiger charge is 2.36. The first-order valence-corrected chi connectivity index (χ1v) is 8.13. The summed E-state index contributed by atoms with van der Waals surface area (Å²) in [6.45, 7) is 6.30. The Morgan fingerprint density at radius 2 is 2.23 bits per heavy atom. The Morgan fingerprint density at radius 1 is 1.45 bits per heavy atom. The fourth-order valence-electron chi connectivity index (χ4n) is 2.81. The molecule has 1 aromatic rings. The molecule has 2 fully saturated rings. The maximum atomic E-state index is 12.2. The molecule has 2 amide bonds. The van der Waals surface area contributed by atoms with Crippen LogP contribution < -0.4 is 10.2 Å². The summed E-state index contributed by atoms with van der Waals surface area (Å²) >= 11 is 0. The van der Waals surface area contributed by atoms with Gasteiger partial charge in [0.25, 0.3) is 0 Å². The van der Waals surface area contributed by atoms with Crippen molar-refractivity contribution in [3.8, 4) is 0 Å². The first-order chi connectivity index (χ1) is 10.5. The summed E-state index contributed by atoms with van der Waals surface area (Å²) in [5, 5.41) is 7.27. The van der Waals surface area contributed by atoms with Crippen molar-refractivity contribution in [3.63, 3.8) is 0 Å². The van der Waals surface area contributed by atoms with Gasteiger partial charge in [0.2, 0.25) is 11.8 Å². The summed E-state index contributed by atoms with van der Waals surface area (Å²) in [4.78, 5) is 26.0. The third-order valence-electron chi connectivity index (χ3n) is 4.24. The van der Waals surface area contributed by atoms with Crippen molar-refractivity contribution < 1.29 is 9.59 Å². The Kier molecular flexibility index (Phi) is 4.18. The number of nitrogens with zero attached hydrogens (tertiary/aromatic N) is 3. The predicted octanol–water partition coefficient (Wildman–Crippen LogP) is 1.42. The summed E-state index contributed by atoms with van der Waals surface area (Å²) in [6.07, 6.45) is 6.33. The van der Waals surface area contributed by atoms with Gasteiger partial charge in [0, 0.05) is 32.3 Å². The number of rotatable bonds is 6. The van der Waals surface area contributed by atoms with Gasteiger partial charge in [-0.2, -0.15) is 5.10 Å². The Labute approximate surface area is 130 Å². The number of amides is 2. The van der Waals surface area contributed by atoms with Gasteiger partial charge in [-0.05, 0) is 24.7 Å². The number of carbonyl (C=O) groups excluding carboxylic acids is 2. The standard InChI is InChI=1S/C16H24N4O2/c1-11(2)8-19-10-14(7-18-19)20-9-13(5-15(20)21)16(22)17-6-12-3-4-12/h7,10-13H,3-6,8-9H2,1-2H3,(H,17,22). The van der Waals surface area contributed by atoms with Gasteiger partial charge in [-0.1, -0.05) is 13.8 Å². The van der Waals surface area contributed by atoms with E-state index in [0.717, 1.165) is 18.8 Å². The second-order valence-corrected chi connectivity index (χ2v) is 6.91. The molecular formula is C16H24N4O2. The Bertz CT molecular complexity index is 562. The lowest BCUT2D eigenvalue weighted by Gasteiger charge is -2.14. The molecule has 6 heteroatoms. The topological polar surface area (TPSA) is 67.2 Å². The first kappa shape index (κ1) is 15.1. The molecule has 1 unspecified atom stereocenters. The number of nitrogens with one attached hydrogen (secondary N) is 1. The monoisotopic (exact) mass is 304 g/mol. The number of hydrogen-bond acceptors (Lipinski definition) is 3. The van der Waals surface area contributed by atoms with Crippen LogP contribution >= 0.6 is 0 Å². The van der Waals surface area contributed by atoms with Gasteiger partial charge in [0.1, 0.15) is 0 Å². The zero-order valence-electron chi connectivity index (χ0n) is 13.3. The molecule has 1 aliphatic heterocycles. The molecule has 0 radical (unpaired) electrons. The van der Waals surface area contributed by atoms with Crippen molar-refractivity contribution in [3.05, 3.63) is 12.4 Å². The highest BCUT2D eigenvalue weighted by Crippen LogP contribution is 2.28. The molecule has 6 nitrogen and oxygen atoms in total. The van der Waals surface area contributed by atoms with Crippen LogP contribution in [-0.2, 0) is 16.1 Å². The molecule has 22 heavy (non-hydrogen) atoms. The van der Waals surface area contributed by atoms with E-state index in [1.807, 2.05) is 10.9 Å². The van der Waals surface area contributed by atoms with Crippen LogP contribution in [0.15, 0.2) is 12.4 Å². The normalized spacial score (nSPS) is 21.7. The van der Waals surface area contributed by atoms with E-state index in [1.54, 1.807) is 11.1 Å². The van der Waals surface area contributed by atoms with Gasteiger partial charge in [-0.25, -0.2) is 0 Å². The maximum Gasteiger partial charge on any atom is 0.227 e. The van der Waals surface area contributed by atoms with E-state index >= 15 is 0 Å². The molecular weight excluding hydrogens is 280 g/mol. The van der Waals surface area contributed by atoms with E-state index in [-0.39, 0.29) is 17.7 Å². The smallest absolute Gasteiger partial charge is 0.227 e. The average Bonchev–Trinajstić information content (AvgIpc) is 3.05. The lowest BCUT2D eigenvalue weighted by Crippen LogP contribution is -2.34. The highest BCUT2D eigenvalue weighted by molar-refractivity contribution is 6.00. The lowest BCUT2D eigenvalue weighted by molar-refractivity contribution is -0.126. The van der Waals surface area contributed by atoms with Gasteiger partial charge in [0.15, 0.2) is 0 Å². The van der Waals surface area contributed by atoms with E-state index in [2.05, 4.69) is 24.3 Å². The van der Waals surface area contributed by atoms with Crippen molar-refractivity contribution in [2.75, 3.05) is 18.0 Å². The number of hydrogen-bond donors (Lipinski definition) is 1. The van der Waals surface area contributed by atoms with Crippen LogP contribution in [0.3, 0.4) is 0 Å². The molecule has 0 bridgehead atoms. The van der Waals surface area contributed by atoms with E-state index < -0.39 is 0 Å². The van der Waals surface area contributed by atoms with E-state index in [1.165, 1.54) is 12.8 Å². The Morgan fingerprint density at radius 3 is 2.91 bits per heavy atom. The fraction of sp³-hybridized carbons (Fsp3) is 0.688. The minimum absolute atomic E-state index is 0.00988. The lowest BCUT2D eigenvalue weighted by atomic mass is 10.1. The fourth-order valence-corrected chi connectivity index (χ4v) is 2.81. The van der Waals surface area contributed by atoms with E-state index in [4.69, 9.17) is 0 Å². The molecule has 0 spiro atoms. The summed E-state index contributed by atoms with van der Waals surface area (Å²) in [5.41, 5.74) is 0.795. The van der Waals surface area contributed by atoms with Gasteiger partial charge < -0.3 is 10.2 Å². The van der Waals surface area contributed by atoms with Crippen LogP contribution in [0.5, 0.6) is 0 Å². The average molecular weight is 304 g/mol. The Hall–Kier alpha value is -1.85. The molecule has 1 N–H and O–H groups in total. The number of carbonyl (C=O) groups is 2. The van der Waals surface area contributed by atoms with Crippen LogP contribution in [-0.4, -0.2) is 34.7 Å². The molecule has 2 heterocycles. The van der Waals surface area contributed by atoms with Crippen molar-refractivity contribution in [2.24, 2.45) is 17.8 Å². The summed E-state index contributed by atoms with van der Waals surface area (Å²) in [6, 6.07) is 0. The third kappa shape index (κ3) is 3.48. The largest absolute Gasteiger partial charge is 0.356 e. The molecule has 1 atom stereocenters. The molecule has 0 aromatic carbocycles. The molecule has 1 aliphatic carbocycles. The predicted molar refractivity (Wildman–Crippen MR) is 83.3 cm³/mol. The summed E-state index contributed by atoms with van der Waals surface area (Å²) < 4.78 is 1.85. The zero-order valence-corrected chi connectivity index (χ0v) is 13.3. The maximum absolute atomic E-state index is 12.2. The third-order valence-corrected chi connectivity index (χ3v) is 4.24. The van der Waals surface area contributed by atoms with Crippen LogP contribution in [0, 0.1) is 17.8 Å². The molecule has 1 saturated heterocycles. The summed E-state index contributed by atoms with van der Waals surface area (Å²) in [5.74, 6) is 0.946. The number of aromatic nitrogens is 2. The van der Waals surface area contributed by atoms with Gasteiger partial charge in [0.05, 0.1) is 17.8 Å². The highest BCUT2D eigenvalue weighted by atomic mass is 16.2. The minimum Gasteiger partial charge on any atom is -0.356 e. The van der Waals surface area contributed by atoms with Gasteiger partial charge in [-0.15, -0.1) is 0 Å². The van der Waals surface area contributed by atoms with Crippen LogP contribution in [0.2, 0.25) is 0 Å². The van der Waals surface area contributed by atoms with Crippen molar-refractivity contribution >= 4 is 17.5 Å².